The van der Waals surface area contributed by atoms with Crippen molar-refractivity contribution >= 4 is 0 Å². The first-order valence-electron chi connectivity index (χ1n) is 7.24. The van der Waals surface area contributed by atoms with E-state index in [2.05, 4.69) is 76.2 Å². The van der Waals surface area contributed by atoms with Gasteiger partial charge in [0.25, 0.3) is 0 Å². The Morgan fingerprint density at radius 1 is 0.600 bits per heavy atom. The molecule has 0 unspecified atom stereocenters. The van der Waals surface area contributed by atoms with Crippen molar-refractivity contribution in [1.29, 1.82) is 0 Å². The third-order valence-corrected chi connectivity index (χ3v) is 3.70. The smallest absolute Gasteiger partial charge is 0.00258 e. The third-order valence-electron chi connectivity index (χ3n) is 3.70. The van der Waals surface area contributed by atoms with Crippen molar-refractivity contribution in [3.63, 3.8) is 0 Å². The van der Waals surface area contributed by atoms with Crippen molar-refractivity contribution in [2.24, 2.45) is 0 Å². The fourth-order valence-corrected chi connectivity index (χ4v) is 2.28. The molecule has 0 bridgehead atoms. The third kappa shape index (κ3) is 4.23. The summed E-state index contributed by atoms with van der Waals surface area (Å²) in [5.74, 6) is 1.22. The molecule has 0 fully saturated rings. The average Bonchev–Trinajstić information content (AvgIpc) is 2.40. The van der Waals surface area contributed by atoms with Crippen molar-refractivity contribution < 1.29 is 0 Å². The first-order chi connectivity index (χ1) is 9.06. The number of benzene rings is 2. The summed E-state index contributed by atoms with van der Waals surface area (Å²) in [6, 6.07) is 18.0. The summed E-state index contributed by atoms with van der Waals surface area (Å²) in [4.78, 5) is 0. The van der Waals surface area contributed by atoms with Crippen LogP contribution in [0.15, 0.2) is 48.5 Å². The van der Waals surface area contributed by atoms with Gasteiger partial charge in [-0.2, -0.15) is 0 Å². The van der Waals surface area contributed by atoms with E-state index in [1.807, 2.05) is 0 Å². The number of hydrogen-bond acceptors (Lipinski definition) is 0. The zero-order valence-electron chi connectivity index (χ0n) is 12.5. The molecule has 0 heteroatoms. The molecule has 0 amide bonds. The first kappa shape index (κ1) is 16.5. The van der Waals surface area contributed by atoms with E-state index in [-0.39, 0.29) is 7.43 Å². The van der Waals surface area contributed by atoms with Crippen LogP contribution in [-0.2, 0) is 6.42 Å². The van der Waals surface area contributed by atoms with Crippen LogP contribution in [0, 0.1) is 0 Å². The van der Waals surface area contributed by atoms with Gasteiger partial charge in [-0.15, -0.1) is 0 Å². The van der Waals surface area contributed by atoms with Gasteiger partial charge in [-0.25, -0.2) is 0 Å². The molecule has 2 rings (SSSR count). The molecule has 0 saturated carbocycles. The normalized spacial score (nSPS) is 10.7. The van der Waals surface area contributed by atoms with Crippen molar-refractivity contribution in [2.45, 2.75) is 53.4 Å². The van der Waals surface area contributed by atoms with E-state index < -0.39 is 0 Å². The first-order valence-corrected chi connectivity index (χ1v) is 7.24. The standard InChI is InChI=1S/C19H24.CH4/c1-14(2)18-9-5-16(6-10-18)13-17-7-11-19(12-8-17)15(3)4;/h5-12,14-15H,13H2,1-4H3;1H4. The number of rotatable bonds is 4. The van der Waals surface area contributed by atoms with E-state index >= 15 is 0 Å². The molecule has 0 radical (unpaired) electrons. The Morgan fingerprint density at radius 2 is 0.900 bits per heavy atom. The Labute approximate surface area is 124 Å². The monoisotopic (exact) mass is 268 g/mol. The molecule has 0 aliphatic rings. The van der Waals surface area contributed by atoms with Crippen LogP contribution in [-0.4, -0.2) is 0 Å². The Kier molecular flexibility index (Phi) is 6.01. The zero-order valence-corrected chi connectivity index (χ0v) is 12.5. The van der Waals surface area contributed by atoms with Crippen LogP contribution in [0.25, 0.3) is 0 Å². The van der Waals surface area contributed by atoms with Crippen LogP contribution in [0.5, 0.6) is 0 Å². The van der Waals surface area contributed by atoms with Crippen LogP contribution in [0.4, 0.5) is 0 Å². The molecular formula is C20H28. The minimum atomic E-state index is 0. The van der Waals surface area contributed by atoms with Crippen LogP contribution in [0.3, 0.4) is 0 Å². The highest BCUT2D eigenvalue weighted by Crippen LogP contribution is 2.19. The lowest BCUT2D eigenvalue weighted by Crippen LogP contribution is -1.92. The van der Waals surface area contributed by atoms with Gasteiger partial charge in [-0.3, -0.25) is 0 Å². The van der Waals surface area contributed by atoms with Gasteiger partial charge >= 0.3 is 0 Å². The fourth-order valence-electron chi connectivity index (χ4n) is 2.28. The van der Waals surface area contributed by atoms with E-state index in [9.17, 15) is 0 Å². The van der Waals surface area contributed by atoms with E-state index in [1.54, 1.807) is 0 Å². The highest BCUT2D eigenvalue weighted by molar-refractivity contribution is 5.31. The molecule has 2 aromatic carbocycles. The van der Waals surface area contributed by atoms with Gasteiger partial charge in [0.1, 0.15) is 0 Å². The van der Waals surface area contributed by atoms with Gasteiger partial charge in [0.2, 0.25) is 0 Å². The van der Waals surface area contributed by atoms with Gasteiger partial charge in [0.15, 0.2) is 0 Å². The molecule has 20 heavy (non-hydrogen) atoms. The predicted molar refractivity (Wildman–Crippen MR) is 90.6 cm³/mol. The Bertz CT molecular complexity index is 451. The molecule has 2 aromatic rings. The molecule has 0 aromatic heterocycles. The molecule has 0 spiro atoms. The topological polar surface area (TPSA) is 0 Å². The summed E-state index contributed by atoms with van der Waals surface area (Å²) in [7, 11) is 0. The lowest BCUT2D eigenvalue weighted by Gasteiger charge is -2.09. The molecule has 0 N–H and O–H groups in total. The summed E-state index contributed by atoms with van der Waals surface area (Å²) in [5.41, 5.74) is 5.61. The van der Waals surface area contributed by atoms with Gasteiger partial charge in [-0.1, -0.05) is 83.7 Å². The van der Waals surface area contributed by atoms with Crippen molar-refractivity contribution in [1.82, 2.24) is 0 Å². The van der Waals surface area contributed by atoms with Gasteiger partial charge in [0, 0.05) is 0 Å². The zero-order chi connectivity index (χ0) is 13.8. The second kappa shape index (κ2) is 7.28. The average molecular weight is 268 g/mol. The van der Waals surface area contributed by atoms with Crippen LogP contribution in [0.2, 0.25) is 0 Å². The van der Waals surface area contributed by atoms with Crippen LogP contribution < -0.4 is 0 Å². The lowest BCUT2D eigenvalue weighted by molar-refractivity contribution is 0.864. The quantitative estimate of drug-likeness (QED) is 0.623. The highest BCUT2D eigenvalue weighted by Gasteiger charge is 2.02. The maximum Gasteiger partial charge on any atom is -0.00258 e. The molecule has 108 valence electrons. The maximum absolute atomic E-state index is 2.26. The molecule has 0 aliphatic heterocycles. The molecule has 0 atom stereocenters. The summed E-state index contributed by atoms with van der Waals surface area (Å²) >= 11 is 0. The molecule has 0 aliphatic carbocycles. The Balaban J connectivity index is 0.00000200. The summed E-state index contributed by atoms with van der Waals surface area (Å²) in [5, 5.41) is 0. The molecule has 0 heterocycles. The van der Waals surface area contributed by atoms with Gasteiger partial charge in [-0.05, 0) is 40.5 Å². The van der Waals surface area contributed by atoms with Crippen molar-refractivity contribution in [3.05, 3.63) is 70.8 Å². The molecule has 0 nitrogen and oxygen atoms in total. The second-order valence-electron chi connectivity index (χ2n) is 5.97. The predicted octanol–water partition coefficient (Wildman–Crippen LogP) is 6.16. The summed E-state index contributed by atoms with van der Waals surface area (Å²) in [6.07, 6.45) is 1.02. The Hall–Kier alpha value is -1.56. The van der Waals surface area contributed by atoms with E-state index in [0.29, 0.717) is 11.8 Å². The van der Waals surface area contributed by atoms with Gasteiger partial charge < -0.3 is 0 Å². The summed E-state index contributed by atoms with van der Waals surface area (Å²) in [6.45, 7) is 8.94. The maximum atomic E-state index is 2.26. The van der Waals surface area contributed by atoms with E-state index in [0.717, 1.165) is 6.42 Å². The van der Waals surface area contributed by atoms with Gasteiger partial charge in [0.05, 0.1) is 0 Å². The minimum Gasteiger partial charge on any atom is -0.0776 e. The largest absolute Gasteiger partial charge is 0.0776 e. The summed E-state index contributed by atoms with van der Waals surface area (Å²) < 4.78 is 0. The Morgan fingerprint density at radius 3 is 1.15 bits per heavy atom. The minimum absolute atomic E-state index is 0. The second-order valence-corrected chi connectivity index (χ2v) is 5.97. The molecule has 0 saturated heterocycles. The van der Waals surface area contributed by atoms with Crippen molar-refractivity contribution in [3.8, 4) is 0 Å². The fraction of sp³-hybridized carbons (Fsp3) is 0.400. The van der Waals surface area contributed by atoms with E-state index in [1.165, 1.54) is 22.3 Å². The van der Waals surface area contributed by atoms with E-state index in [4.69, 9.17) is 0 Å². The molecular weight excluding hydrogens is 240 g/mol. The lowest BCUT2D eigenvalue weighted by atomic mass is 9.97. The number of hydrogen-bond donors (Lipinski definition) is 0. The highest BCUT2D eigenvalue weighted by atomic mass is 14.1. The van der Waals surface area contributed by atoms with Crippen LogP contribution in [0.1, 0.15) is 69.2 Å². The van der Waals surface area contributed by atoms with Crippen LogP contribution >= 0.6 is 0 Å². The SMILES string of the molecule is C.CC(C)c1ccc(Cc2ccc(C(C)C)cc2)cc1. The van der Waals surface area contributed by atoms with Crippen molar-refractivity contribution in [2.75, 3.05) is 0 Å².